The summed E-state index contributed by atoms with van der Waals surface area (Å²) < 4.78 is 0. The molecule has 0 heterocycles. The zero-order valence-electron chi connectivity index (χ0n) is 11.0. The number of nitrogens with one attached hydrogen (secondary N) is 2. The van der Waals surface area contributed by atoms with Crippen LogP contribution in [0, 0.1) is 10.1 Å². The van der Waals surface area contributed by atoms with Crippen LogP contribution < -0.4 is 22.3 Å². The number of nitrogens with zero attached hydrogens (tertiary/aromatic N) is 1. The van der Waals surface area contributed by atoms with Gasteiger partial charge in [-0.25, -0.2) is 0 Å². The van der Waals surface area contributed by atoms with E-state index >= 15 is 0 Å². The molecule has 0 aromatic heterocycles. The number of benzene rings is 1. The van der Waals surface area contributed by atoms with Crippen LogP contribution in [0.5, 0.6) is 0 Å². The number of primary amides is 1. The van der Waals surface area contributed by atoms with Crippen LogP contribution in [0.4, 0.5) is 11.4 Å². The van der Waals surface area contributed by atoms with Gasteiger partial charge in [-0.1, -0.05) is 6.07 Å². The second-order valence-corrected chi connectivity index (χ2v) is 4.54. The predicted octanol–water partition coefficient (Wildman–Crippen LogP) is -0.126. The number of anilines is 1. The van der Waals surface area contributed by atoms with E-state index in [1.54, 1.807) is 0 Å². The highest BCUT2D eigenvalue weighted by Gasteiger charge is 2.29. The number of amides is 2. The van der Waals surface area contributed by atoms with Crippen LogP contribution in [0.25, 0.3) is 0 Å². The average molecular weight is 281 g/mol. The predicted molar refractivity (Wildman–Crippen MR) is 71.6 cm³/mol. The first-order chi connectivity index (χ1) is 9.20. The van der Waals surface area contributed by atoms with Crippen molar-refractivity contribution in [3.8, 4) is 0 Å². The molecular formula is C11H15N5O4. The normalized spacial score (nSPS) is 10.8. The molecule has 6 N–H and O–H groups in total. The van der Waals surface area contributed by atoms with Crippen LogP contribution in [-0.4, -0.2) is 22.3 Å². The Labute approximate surface area is 114 Å². The first-order valence-electron chi connectivity index (χ1n) is 5.57. The Morgan fingerprint density at radius 1 is 1.35 bits per heavy atom. The van der Waals surface area contributed by atoms with Crippen LogP contribution in [0.2, 0.25) is 0 Å². The summed E-state index contributed by atoms with van der Waals surface area (Å²) in [6, 6.07) is 3.88. The molecule has 0 unspecified atom stereocenters. The molecule has 0 aliphatic heterocycles. The van der Waals surface area contributed by atoms with Crippen LogP contribution in [0.1, 0.15) is 24.2 Å². The maximum atomic E-state index is 12.1. The Bertz CT molecular complexity index is 570. The fourth-order valence-corrected chi connectivity index (χ4v) is 1.45. The van der Waals surface area contributed by atoms with E-state index < -0.39 is 22.3 Å². The summed E-state index contributed by atoms with van der Waals surface area (Å²) in [5.41, 5.74) is 5.42. The Morgan fingerprint density at radius 2 is 1.95 bits per heavy atom. The number of nitro benzene ring substituents is 1. The Hall–Kier alpha value is -2.68. The van der Waals surface area contributed by atoms with E-state index in [1.165, 1.54) is 32.0 Å². The minimum absolute atomic E-state index is 0.0592. The minimum Gasteiger partial charge on any atom is -0.368 e. The number of nitro groups is 1. The van der Waals surface area contributed by atoms with Gasteiger partial charge in [-0.2, -0.15) is 0 Å². The van der Waals surface area contributed by atoms with Gasteiger partial charge in [-0.3, -0.25) is 25.5 Å². The molecule has 20 heavy (non-hydrogen) atoms. The highest BCUT2D eigenvalue weighted by molar-refractivity contribution is 6.04. The van der Waals surface area contributed by atoms with Gasteiger partial charge in [0, 0.05) is 6.07 Å². The second kappa shape index (κ2) is 5.53. The molecule has 0 bridgehead atoms. The van der Waals surface area contributed by atoms with Crippen molar-refractivity contribution in [2.45, 2.75) is 19.4 Å². The van der Waals surface area contributed by atoms with E-state index in [9.17, 15) is 19.7 Å². The average Bonchev–Trinajstić information content (AvgIpc) is 2.36. The van der Waals surface area contributed by atoms with Crippen molar-refractivity contribution in [3.63, 3.8) is 0 Å². The van der Waals surface area contributed by atoms with Gasteiger partial charge in [0.1, 0.15) is 11.2 Å². The highest BCUT2D eigenvalue weighted by atomic mass is 16.6. The van der Waals surface area contributed by atoms with Crippen molar-refractivity contribution in [2.75, 3.05) is 5.43 Å². The van der Waals surface area contributed by atoms with Crippen LogP contribution in [0.3, 0.4) is 0 Å². The first-order valence-corrected chi connectivity index (χ1v) is 5.57. The van der Waals surface area contributed by atoms with E-state index in [-0.39, 0.29) is 16.9 Å². The van der Waals surface area contributed by atoms with E-state index in [0.29, 0.717) is 0 Å². The van der Waals surface area contributed by atoms with Gasteiger partial charge in [0.15, 0.2) is 0 Å². The van der Waals surface area contributed by atoms with Crippen LogP contribution in [-0.2, 0) is 4.79 Å². The zero-order chi connectivity index (χ0) is 15.5. The Balaban J connectivity index is 3.20. The van der Waals surface area contributed by atoms with E-state index in [1.807, 2.05) is 0 Å². The van der Waals surface area contributed by atoms with Crippen molar-refractivity contribution in [2.24, 2.45) is 11.6 Å². The fourth-order valence-electron chi connectivity index (χ4n) is 1.45. The monoisotopic (exact) mass is 281 g/mol. The summed E-state index contributed by atoms with van der Waals surface area (Å²) in [6.45, 7) is 2.83. The number of carbonyl (C=O) groups is 2. The molecule has 9 nitrogen and oxygen atoms in total. The summed E-state index contributed by atoms with van der Waals surface area (Å²) in [5.74, 6) is 3.78. The zero-order valence-corrected chi connectivity index (χ0v) is 11.0. The lowest BCUT2D eigenvalue weighted by molar-refractivity contribution is -0.384. The molecule has 0 radical (unpaired) electrons. The molecular weight excluding hydrogens is 266 g/mol. The molecule has 0 aliphatic carbocycles. The van der Waals surface area contributed by atoms with Crippen molar-refractivity contribution in [1.82, 2.24) is 5.32 Å². The third-order valence-electron chi connectivity index (χ3n) is 2.67. The van der Waals surface area contributed by atoms with E-state index in [4.69, 9.17) is 11.6 Å². The van der Waals surface area contributed by atoms with Crippen molar-refractivity contribution >= 4 is 23.2 Å². The number of hydrogen-bond donors (Lipinski definition) is 4. The Kier molecular flexibility index (Phi) is 4.25. The standard InChI is InChI=1S/C11H15N5O4/c1-11(2,10(12)18)14-9(17)6-4-3-5-7(16(19)20)8(6)15-13/h3-5,15H,13H2,1-2H3,(H2,12,18)(H,14,17). The molecule has 1 rings (SSSR count). The molecule has 0 atom stereocenters. The van der Waals surface area contributed by atoms with Crippen LogP contribution >= 0.6 is 0 Å². The fraction of sp³-hybridized carbons (Fsp3) is 0.273. The van der Waals surface area contributed by atoms with Gasteiger partial charge in [-0.05, 0) is 19.9 Å². The Morgan fingerprint density at radius 3 is 2.40 bits per heavy atom. The molecule has 0 spiro atoms. The largest absolute Gasteiger partial charge is 0.368 e. The van der Waals surface area contributed by atoms with Gasteiger partial charge in [0.2, 0.25) is 5.91 Å². The van der Waals surface area contributed by atoms with E-state index in [0.717, 1.165) is 0 Å². The lowest BCUT2D eigenvalue weighted by Crippen LogP contribution is -2.53. The maximum Gasteiger partial charge on any atom is 0.294 e. The SMILES string of the molecule is CC(C)(NC(=O)c1cccc([N+](=O)[O-])c1NN)C(N)=O. The van der Waals surface area contributed by atoms with Gasteiger partial charge >= 0.3 is 0 Å². The van der Waals surface area contributed by atoms with Crippen molar-refractivity contribution in [1.29, 1.82) is 0 Å². The third-order valence-corrected chi connectivity index (χ3v) is 2.67. The maximum absolute atomic E-state index is 12.1. The molecule has 0 saturated heterocycles. The van der Waals surface area contributed by atoms with E-state index in [2.05, 4.69) is 10.7 Å². The summed E-state index contributed by atoms with van der Waals surface area (Å²) in [7, 11) is 0. The lowest BCUT2D eigenvalue weighted by atomic mass is 10.0. The first kappa shape index (κ1) is 15.4. The van der Waals surface area contributed by atoms with Crippen LogP contribution in [0.15, 0.2) is 18.2 Å². The minimum atomic E-state index is -1.30. The molecule has 0 saturated carbocycles. The third kappa shape index (κ3) is 3.01. The smallest absolute Gasteiger partial charge is 0.294 e. The van der Waals surface area contributed by atoms with Gasteiger partial charge in [0.25, 0.3) is 11.6 Å². The van der Waals surface area contributed by atoms with Gasteiger partial charge in [-0.15, -0.1) is 0 Å². The molecule has 9 heteroatoms. The molecule has 1 aromatic rings. The summed E-state index contributed by atoms with van der Waals surface area (Å²) in [5, 5.41) is 13.2. The molecule has 0 fully saturated rings. The molecule has 108 valence electrons. The number of carbonyl (C=O) groups excluding carboxylic acids is 2. The summed E-state index contributed by atoms with van der Waals surface area (Å²) >= 11 is 0. The number of hydrazine groups is 1. The highest BCUT2D eigenvalue weighted by Crippen LogP contribution is 2.27. The number of nitrogens with two attached hydrogens (primary N) is 2. The second-order valence-electron chi connectivity index (χ2n) is 4.54. The van der Waals surface area contributed by atoms with Crippen molar-refractivity contribution < 1.29 is 14.5 Å². The quantitative estimate of drug-likeness (QED) is 0.335. The number of para-hydroxylation sites is 1. The summed E-state index contributed by atoms with van der Waals surface area (Å²) in [6.07, 6.45) is 0. The molecule has 0 aliphatic rings. The van der Waals surface area contributed by atoms with Gasteiger partial charge in [0.05, 0.1) is 10.5 Å². The lowest BCUT2D eigenvalue weighted by Gasteiger charge is -2.22. The topological polar surface area (TPSA) is 153 Å². The van der Waals surface area contributed by atoms with Gasteiger partial charge < -0.3 is 16.5 Å². The van der Waals surface area contributed by atoms with Crippen molar-refractivity contribution in [3.05, 3.63) is 33.9 Å². The molecule has 1 aromatic carbocycles. The number of hydrogen-bond acceptors (Lipinski definition) is 6. The number of nitrogen functional groups attached to an aromatic ring is 1. The number of rotatable bonds is 5. The molecule has 2 amide bonds. The summed E-state index contributed by atoms with van der Waals surface area (Å²) in [4.78, 5) is 33.4.